The predicted octanol–water partition coefficient (Wildman–Crippen LogP) is 6.49. The van der Waals surface area contributed by atoms with Gasteiger partial charge in [0.25, 0.3) is 0 Å². The summed E-state index contributed by atoms with van der Waals surface area (Å²) in [5, 5.41) is 0. The Morgan fingerprint density at radius 2 is 1.89 bits per heavy atom. The van der Waals surface area contributed by atoms with Crippen LogP contribution in [0.1, 0.15) is 59.3 Å². The average molecular weight is 513 g/mol. The Hall–Kier alpha value is -2.18. The summed E-state index contributed by atoms with van der Waals surface area (Å²) in [4.78, 5) is 24.4. The lowest BCUT2D eigenvalue weighted by atomic mass is 9.79. The molecule has 2 saturated carbocycles. The van der Waals surface area contributed by atoms with Crippen molar-refractivity contribution in [2.45, 2.75) is 78.7 Å². The number of hydrogen-bond donors (Lipinski definition) is 0. The van der Waals surface area contributed by atoms with Crippen LogP contribution in [0.5, 0.6) is 5.75 Å². The van der Waals surface area contributed by atoms with Crippen molar-refractivity contribution in [2.75, 3.05) is 7.11 Å². The third-order valence-corrected chi connectivity index (χ3v) is 8.26. The van der Waals surface area contributed by atoms with E-state index in [0.29, 0.717) is 24.0 Å². The van der Waals surface area contributed by atoms with Crippen LogP contribution in [-0.2, 0) is 18.8 Å². The fourth-order valence-corrected chi connectivity index (χ4v) is 6.26. The summed E-state index contributed by atoms with van der Waals surface area (Å²) in [6, 6.07) is 9.91. The molecule has 1 aromatic rings. The second kappa shape index (κ2) is 12.9. The number of rotatable bonds is 11. The second-order valence-electron chi connectivity index (χ2n) is 11.5. The summed E-state index contributed by atoms with van der Waals surface area (Å²) in [6.45, 7) is 11.1. The Labute approximate surface area is 219 Å². The summed E-state index contributed by atoms with van der Waals surface area (Å²) in [7, 11) is 0.0621. The number of hydrogen-bond acceptors (Lipinski definition) is 5. The average Bonchev–Trinajstić information content (AvgIpc) is 3.35. The molecule has 0 radical (unpaired) electrons. The van der Waals surface area contributed by atoms with Crippen molar-refractivity contribution < 1.29 is 23.5 Å². The van der Waals surface area contributed by atoms with Gasteiger partial charge in [-0.15, -0.1) is 0 Å². The summed E-state index contributed by atoms with van der Waals surface area (Å²) >= 11 is 0. The van der Waals surface area contributed by atoms with Crippen LogP contribution in [0.4, 0.5) is 0 Å². The fourth-order valence-electron chi connectivity index (χ4n) is 5.50. The minimum Gasteiger partial charge on any atom is -0.469 e. The van der Waals surface area contributed by atoms with Gasteiger partial charge < -0.3 is 13.9 Å². The molecule has 0 saturated heterocycles. The number of ketones is 1. The first-order chi connectivity index (χ1) is 17.1. The molecule has 5 atom stereocenters. The number of unbranched alkanes of at least 4 members (excludes halogenated alkanes) is 1. The van der Waals surface area contributed by atoms with E-state index in [0.717, 1.165) is 43.4 Å². The van der Waals surface area contributed by atoms with E-state index in [9.17, 15) is 9.59 Å². The lowest BCUT2D eigenvalue weighted by Gasteiger charge is -2.36. The van der Waals surface area contributed by atoms with Gasteiger partial charge in [-0.2, -0.15) is 0 Å². The molecule has 3 rings (SSSR count). The standard InChI is InChI=1S/C30H44O5Si/c1-30(2,3)26(29(35-36(5)6)34-23-13-8-7-9-14-23)19-17-21-16-18-24-25(21)20-22(28(24)32)12-10-11-15-27(31)33-4/h7-9,12-14,17,19,21,24-26,29,36H,10-11,15-16,18,20H2,1-6H3. The Kier molecular flexibility index (Phi) is 10.1. The van der Waals surface area contributed by atoms with Crippen LogP contribution in [0.15, 0.2) is 54.1 Å². The van der Waals surface area contributed by atoms with Crippen molar-refractivity contribution in [3.8, 4) is 5.75 Å². The van der Waals surface area contributed by atoms with Gasteiger partial charge in [0.15, 0.2) is 21.1 Å². The van der Waals surface area contributed by atoms with Crippen LogP contribution in [-0.4, -0.2) is 34.2 Å². The largest absolute Gasteiger partial charge is 0.469 e. The van der Waals surface area contributed by atoms with Gasteiger partial charge in [-0.25, -0.2) is 0 Å². The highest BCUT2D eigenvalue weighted by atomic mass is 28.3. The van der Waals surface area contributed by atoms with Crippen molar-refractivity contribution in [1.29, 1.82) is 0 Å². The molecule has 198 valence electrons. The maximum Gasteiger partial charge on any atom is 0.305 e. The van der Waals surface area contributed by atoms with E-state index in [-0.39, 0.29) is 29.5 Å². The molecule has 0 spiro atoms. The normalized spacial score (nSPS) is 24.9. The third kappa shape index (κ3) is 7.66. The van der Waals surface area contributed by atoms with Gasteiger partial charge in [-0.05, 0) is 80.2 Å². The number of carbonyl (C=O) groups is 2. The van der Waals surface area contributed by atoms with Crippen LogP contribution < -0.4 is 4.74 Å². The lowest BCUT2D eigenvalue weighted by Crippen LogP contribution is -2.39. The van der Waals surface area contributed by atoms with Crippen LogP contribution in [0.25, 0.3) is 0 Å². The maximum absolute atomic E-state index is 13.0. The Morgan fingerprint density at radius 1 is 1.17 bits per heavy atom. The van der Waals surface area contributed by atoms with Crippen molar-refractivity contribution in [2.24, 2.45) is 29.1 Å². The monoisotopic (exact) mass is 512 g/mol. The van der Waals surface area contributed by atoms with E-state index >= 15 is 0 Å². The Balaban J connectivity index is 1.71. The molecule has 2 aliphatic carbocycles. The highest BCUT2D eigenvalue weighted by Crippen LogP contribution is 2.49. The summed E-state index contributed by atoms with van der Waals surface area (Å²) in [5.41, 5.74) is 0.910. The molecule has 2 fully saturated rings. The first-order valence-electron chi connectivity index (χ1n) is 13.5. The molecule has 36 heavy (non-hydrogen) atoms. The van der Waals surface area contributed by atoms with Gasteiger partial charge in [0.05, 0.1) is 7.11 Å². The molecule has 0 aliphatic heterocycles. The Bertz CT molecular complexity index is 930. The molecule has 1 aromatic carbocycles. The number of fused-ring (bicyclic) bond motifs is 1. The molecule has 0 heterocycles. The van der Waals surface area contributed by atoms with E-state index < -0.39 is 9.04 Å². The zero-order chi connectivity index (χ0) is 26.3. The van der Waals surface area contributed by atoms with Crippen LogP contribution in [0.3, 0.4) is 0 Å². The van der Waals surface area contributed by atoms with Crippen LogP contribution in [0.2, 0.25) is 13.1 Å². The number of methoxy groups -OCH3 is 1. The van der Waals surface area contributed by atoms with E-state index in [4.69, 9.17) is 13.9 Å². The van der Waals surface area contributed by atoms with Gasteiger partial charge in [0, 0.05) is 18.3 Å². The number of ether oxygens (including phenoxy) is 2. The quantitative estimate of drug-likeness (QED) is 0.0846. The zero-order valence-electron chi connectivity index (χ0n) is 22.9. The van der Waals surface area contributed by atoms with E-state index in [2.05, 4.69) is 52.1 Å². The van der Waals surface area contributed by atoms with Crippen molar-refractivity contribution in [3.63, 3.8) is 0 Å². The molecule has 0 aromatic heterocycles. The number of allylic oxidation sites excluding steroid dienone is 3. The third-order valence-electron chi connectivity index (χ3n) is 7.45. The SMILES string of the molecule is COC(=O)CCCC=C1CC2C(C=CC(C(Oc3ccccc3)O[SiH](C)C)C(C)(C)C)CCC2C1=O. The van der Waals surface area contributed by atoms with E-state index in [1.807, 2.05) is 30.3 Å². The number of para-hydroxylation sites is 1. The highest BCUT2D eigenvalue weighted by Gasteiger charge is 2.46. The summed E-state index contributed by atoms with van der Waals surface area (Å²) < 4.78 is 17.5. The van der Waals surface area contributed by atoms with Gasteiger partial charge >= 0.3 is 5.97 Å². The molecular weight excluding hydrogens is 468 g/mol. The summed E-state index contributed by atoms with van der Waals surface area (Å²) in [6.07, 6.45) is 11.1. The molecule has 0 N–H and O–H groups in total. The second-order valence-corrected chi connectivity index (χ2v) is 13.9. The minimum atomic E-state index is -1.35. The lowest BCUT2D eigenvalue weighted by molar-refractivity contribution is -0.140. The molecule has 5 nitrogen and oxygen atoms in total. The fraction of sp³-hybridized carbons (Fsp3) is 0.600. The number of esters is 1. The highest BCUT2D eigenvalue weighted by molar-refractivity contribution is 6.48. The predicted molar refractivity (Wildman–Crippen MR) is 146 cm³/mol. The van der Waals surface area contributed by atoms with Gasteiger partial charge in [-0.3, -0.25) is 9.59 Å². The van der Waals surface area contributed by atoms with E-state index in [1.54, 1.807) is 0 Å². The smallest absolute Gasteiger partial charge is 0.305 e. The van der Waals surface area contributed by atoms with Gasteiger partial charge in [0.2, 0.25) is 0 Å². The van der Waals surface area contributed by atoms with Crippen molar-refractivity contribution in [1.82, 2.24) is 0 Å². The molecule has 0 amide bonds. The molecular formula is C30H44O5Si. The zero-order valence-corrected chi connectivity index (χ0v) is 24.0. The van der Waals surface area contributed by atoms with Crippen LogP contribution in [0, 0.1) is 29.1 Å². The van der Waals surface area contributed by atoms with Gasteiger partial charge in [0.1, 0.15) is 5.75 Å². The van der Waals surface area contributed by atoms with E-state index in [1.165, 1.54) is 7.11 Å². The Morgan fingerprint density at radius 3 is 2.53 bits per heavy atom. The summed E-state index contributed by atoms with van der Waals surface area (Å²) in [5.74, 6) is 1.92. The number of carbonyl (C=O) groups excluding carboxylic acids is 2. The van der Waals surface area contributed by atoms with Crippen molar-refractivity contribution >= 4 is 20.8 Å². The molecule has 5 unspecified atom stereocenters. The topological polar surface area (TPSA) is 61.8 Å². The van der Waals surface area contributed by atoms with Gasteiger partial charge in [-0.1, -0.05) is 57.2 Å². The first kappa shape index (κ1) is 28.4. The number of benzene rings is 1. The number of Topliss-reactive ketones (excluding diaryl/α,β-unsaturated/α-hetero) is 1. The van der Waals surface area contributed by atoms with Crippen LogP contribution >= 0.6 is 0 Å². The molecule has 2 aliphatic rings. The molecule has 6 heteroatoms. The molecule has 0 bridgehead atoms. The maximum atomic E-state index is 13.0. The minimum absolute atomic E-state index is 0.0482. The first-order valence-corrected chi connectivity index (χ1v) is 16.2. The van der Waals surface area contributed by atoms with Crippen molar-refractivity contribution in [3.05, 3.63) is 54.1 Å².